The Morgan fingerprint density at radius 3 is 2.53 bits per heavy atom. The van der Waals surface area contributed by atoms with E-state index in [0.29, 0.717) is 11.1 Å². The Kier molecular flexibility index (Phi) is 2.81. The van der Waals surface area contributed by atoms with Crippen LogP contribution in [0.5, 0.6) is 0 Å². The lowest BCUT2D eigenvalue weighted by atomic mass is 10.2. The first-order chi connectivity index (χ1) is 8.24. The summed E-state index contributed by atoms with van der Waals surface area (Å²) in [6.45, 7) is 0.796. The molecule has 4 heteroatoms. The molecule has 90 valence electrons. The number of halogens is 1. The van der Waals surface area contributed by atoms with Gasteiger partial charge < -0.3 is 10.2 Å². The van der Waals surface area contributed by atoms with Crippen LogP contribution in [0.4, 0.5) is 5.69 Å². The topological polar surface area (TPSA) is 32.3 Å². The molecule has 1 atom stereocenters. The molecular weight excluding hydrogens is 236 g/mol. The van der Waals surface area contributed by atoms with Crippen LogP contribution in [0.15, 0.2) is 24.3 Å². The SMILES string of the molecule is O=C1C(NC2CC2)CCN1c1ccc(Cl)cc1. The minimum absolute atomic E-state index is 0.0122. The second kappa shape index (κ2) is 4.31. The molecule has 1 aromatic rings. The van der Waals surface area contributed by atoms with Gasteiger partial charge in [-0.15, -0.1) is 0 Å². The average molecular weight is 251 g/mol. The van der Waals surface area contributed by atoms with Gasteiger partial charge in [-0.25, -0.2) is 0 Å². The Balaban J connectivity index is 1.72. The van der Waals surface area contributed by atoms with Crippen LogP contribution in [0, 0.1) is 0 Å². The van der Waals surface area contributed by atoms with Crippen molar-refractivity contribution in [2.45, 2.75) is 31.3 Å². The third-order valence-corrected chi connectivity index (χ3v) is 3.61. The van der Waals surface area contributed by atoms with Gasteiger partial charge in [0.15, 0.2) is 0 Å². The normalized spacial score (nSPS) is 24.4. The van der Waals surface area contributed by atoms with Crippen LogP contribution >= 0.6 is 11.6 Å². The monoisotopic (exact) mass is 250 g/mol. The molecule has 1 aliphatic carbocycles. The summed E-state index contributed by atoms with van der Waals surface area (Å²) in [5, 5.41) is 4.10. The zero-order valence-electron chi connectivity index (χ0n) is 9.53. The Morgan fingerprint density at radius 2 is 1.88 bits per heavy atom. The van der Waals surface area contributed by atoms with Crippen LogP contribution < -0.4 is 10.2 Å². The third kappa shape index (κ3) is 2.31. The fraction of sp³-hybridized carbons (Fsp3) is 0.462. The fourth-order valence-electron chi connectivity index (χ4n) is 2.25. The van der Waals surface area contributed by atoms with E-state index < -0.39 is 0 Å². The highest BCUT2D eigenvalue weighted by Gasteiger charge is 2.36. The van der Waals surface area contributed by atoms with Crippen molar-refractivity contribution in [2.75, 3.05) is 11.4 Å². The van der Waals surface area contributed by atoms with E-state index in [1.165, 1.54) is 12.8 Å². The summed E-state index contributed by atoms with van der Waals surface area (Å²) in [6, 6.07) is 8.05. The predicted octanol–water partition coefficient (Wildman–Crippen LogP) is 2.20. The lowest BCUT2D eigenvalue weighted by Gasteiger charge is -2.17. The molecule has 0 bridgehead atoms. The quantitative estimate of drug-likeness (QED) is 0.892. The van der Waals surface area contributed by atoms with Crippen molar-refractivity contribution < 1.29 is 4.79 Å². The fourth-order valence-corrected chi connectivity index (χ4v) is 2.37. The van der Waals surface area contributed by atoms with E-state index in [4.69, 9.17) is 11.6 Å². The molecule has 1 aliphatic heterocycles. The van der Waals surface area contributed by atoms with Gasteiger partial charge in [-0.2, -0.15) is 0 Å². The Bertz CT molecular complexity index is 428. The molecule has 1 unspecified atom stereocenters. The highest BCUT2D eigenvalue weighted by atomic mass is 35.5. The van der Waals surface area contributed by atoms with E-state index in [1.54, 1.807) is 0 Å². The van der Waals surface area contributed by atoms with Gasteiger partial charge in [0, 0.05) is 23.3 Å². The van der Waals surface area contributed by atoms with Gasteiger partial charge in [-0.05, 0) is 43.5 Å². The van der Waals surface area contributed by atoms with Gasteiger partial charge in [0.25, 0.3) is 0 Å². The van der Waals surface area contributed by atoms with Crippen molar-refractivity contribution >= 4 is 23.2 Å². The van der Waals surface area contributed by atoms with E-state index in [1.807, 2.05) is 29.2 Å². The number of nitrogens with zero attached hydrogens (tertiary/aromatic N) is 1. The molecule has 17 heavy (non-hydrogen) atoms. The van der Waals surface area contributed by atoms with E-state index in [9.17, 15) is 4.79 Å². The highest BCUT2D eigenvalue weighted by molar-refractivity contribution is 6.30. The third-order valence-electron chi connectivity index (χ3n) is 3.36. The Morgan fingerprint density at radius 1 is 1.18 bits per heavy atom. The van der Waals surface area contributed by atoms with Crippen molar-refractivity contribution in [2.24, 2.45) is 0 Å². The van der Waals surface area contributed by atoms with Crippen molar-refractivity contribution in [1.82, 2.24) is 5.32 Å². The molecule has 1 N–H and O–H groups in total. The first-order valence-electron chi connectivity index (χ1n) is 6.07. The summed E-state index contributed by atoms with van der Waals surface area (Å²) in [7, 11) is 0. The largest absolute Gasteiger partial charge is 0.311 e. The molecular formula is C13H15ClN2O. The van der Waals surface area contributed by atoms with Crippen molar-refractivity contribution in [3.05, 3.63) is 29.3 Å². The lowest BCUT2D eigenvalue weighted by Crippen LogP contribution is -2.39. The summed E-state index contributed by atoms with van der Waals surface area (Å²) >= 11 is 5.84. The maximum Gasteiger partial charge on any atom is 0.244 e. The molecule has 1 amide bonds. The number of carbonyl (C=O) groups is 1. The van der Waals surface area contributed by atoms with Gasteiger partial charge in [0.05, 0.1) is 6.04 Å². The van der Waals surface area contributed by atoms with Crippen molar-refractivity contribution in [3.63, 3.8) is 0 Å². The molecule has 0 radical (unpaired) electrons. The maximum absolute atomic E-state index is 12.2. The maximum atomic E-state index is 12.2. The van der Waals surface area contributed by atoms with Crippen molar-refractivity contribution in [1.29, 1.82) is 0 Å². The standard InChI is InChI=1S/C13H15ClN2O/c14-9-1-5-11(6-2-9)16-8-7-12(13(16)17)15-10-3-4-10/h1-2,5-6,10,12,15H,3-4,7-8H2. The summed E-state index contributed by atoms with van der Waals surface area (Å²) in [6.07, 6.45) is 3.33. The molecule has 3 rings (SSSR count). The molecule has 2 aliphatic rings. The summed E-state index contributed by atoms with van der Waals surface area (Å²) in [5.41, 5.74) is 0.944. The average Bonchev–Trinajstić information content (AvgIpc) is 3.07. The number of benzene rings is 1. The smallest absolute Gasteiger partial charge is 0.244 e. The first-order valence-corrected chi connectivity index (χ1v) is 6.45. The van der Waals surface area contributed by atoms with Crippen LogP contribution in [0.1, 0.15) is 19.3 Å². The number of nitrogens with one attached hydrogen (secondary N) is 1. The van der Waals surface area contributed by atoms with Gasteiger partial charge >= 0.3 is 0 Å². The summed E-state index contributed by atoms with van der Waals surface area (Å²) in [5.74, 6) is 0.194. The van der Waals surface area contributed by atoms with Crippen LogP contribution in [-0.2, 0) is 4.79 Å². The first kappa shape index (κ1) is 11.1. The van der Waals surface area contributed by atoms with Crippen LogP contribution in [-0.4, -0.2) is 24.5 Å². The minimum Gasteiger partial charge on any atom is -0.311 e. The minimum atomic E-state index is 0.0122. The second-order valence-electron chi connectivity index (χ2n) is 4.75. The Hall–Kier alpha value is -1.06. The molecule has 0 aromatic heterocycles. The molecule has 1 heterocycles. The summed E-state index contributed by atoms with van der Waals surface area (Å²) in [4.78, 5) is 14.0. The number of anilines is 1. The van der Waals surface area contributed by atoms with E-state index >= 15 is 0 Å². The van der Waals surface area contributed by atoms with E-state index in [0.717, 1.165) is 18.7 Å². The molecule has 0 spiro atoms. The number of rotatable bonds is 3. The molecule has 2 fully saturated rings. The van der Waals surface area contributed by atoms with Crippen LogP contribution in [0.2, 0.25) is 5.02 Å². The molecule has 3 nitrogen and oxygen atoms in total. The van der Waals surface area contributed by atoms with Gasteiger partial charge in [0.1, 0.15) is 0 Å². The summed E-state index contributed by atoms with van der Waals surface area (Å²) < 4.78 is 0. The number of hydrogen-bond acceptors (Lipinski definition) is 2. The zero-order valence-corrected chi connectivity index (χ0v) is 10.3. The predicted molar refractivity (Wildman–Crippen MR) is 68.4 cm³/mol. The van der Waals surface area contributed by atoms with Crippen molar-refractivity contribution in [3.8, 4) is 0 Å². The second-order valence-corrected chi connectivity index (χ2v) is 5.18. The van der Waals surface area contributed by atoms with E-state index in [2.05, 4.69) is 5.32 Å². The molecule has 1 saturated carbocycles. The van der Waals surface area contributed by atoms with Gasteiger partial charge in [-0.3, -0.25) is 4.79 Å². The number of carbonyl (C=O) groups excluding carboxylic acids is 1. The Labute approximate surface area is 106 Å². The number of hydrogen-bond donors (Lipinski definition) is 1. The highest BCUT2D eigenvalue weighted by Crippen LogP contribution is 2.26. The van der Waals surface area contributed by atoms with Crippen LogP contribution in [0.3, 0.4) is 0 Å². The van der Waals surface area contributed by atoms with E-state index in [-0.39, 0.29) is 11.9 Å². The van der Waals surface area contributed by atoms with Gasteiger partial charge in [0.2, 0.25) is 5.91 Å². The lowest BCUT2D eigenvalue weighted by molar-refractivity contribution is -0.118. The number of amides is 1. The molecule has 1 aromatic carbocycles. The van der Waals surface area contributed by atoms with Crippen LogP contribution in [0.25, 0.3) is 0 Å². The zero-order chi connectivity index (χ0) is 11.8. The van der Waals surface area contributed by atoms with Gasteiger partial charge in [-0.1, -0.05) is 11.6 Å². The molecule has 1 saturated heterocycles.